The van der Waals surface area contributed by atoms with Crippen LogP contribution in [0.4, 0.5) is 11.4 Å². The first kappa shape index (κ1) is 26.3. The van der Waals surface area contributed by atoms with Crippen LogP contribution in [0.2, 0.25) is 0 Å². The Balaban J connectivity index is 1.42. The van der Waals surface area contributed by atoms with Crippen molar-refractivity contribution in [3.8, 4) is 11.4 Å². The molecule has 9 heteroatoms. The van der Waals surface area contributed by atoms with Crippen molar-refractivity contribution >= 4 is 50.6 Å². The zero-order valence-electron chi connectivity index (χ0n) is 22.0. The molecule has 2 aromatic carbocycles. The average molecular weight is 549 g/mol. The number of carbonyl (C=O) groups is 1. The van der Waals surface area contributed by atoms with Crippen LogP contribution in [0.15, 0.2) is 58.5 Å². The second-order valence-electron chi connectivity index (χ2n) is 9.18. The Morgan fingerprint density at radius 2 is 1.79 bits per heavy atom. The number of nitrogens with one attached hydrogen (secondary N) is 1. The summed E-state index contributed by atoms with van der Waals surface area (Å²) >= 11 is 2.90. The number of rotatable bonds is 9. The van der Waals surface area contributed by atoms with E-state index in [0.29, 0.717) is 16.6 Å². The summed E-state index contributed by atoms with van der Waals surface area (Å²) in [5.74, 6) is 0.702. The smallest absolute Gasteiger partial charge is 0.267 e. The molecule has 4 aromatic rings. The third-order valence-electron chi connectivity index (χ3n) is 6.90. The number of benzene rings is 2. The summed E-state index contributed by atoms with van der Waals surface area (Å²) in [6, 6.07) is 15.3. The molecule has 0 unspecified atom stereocenters. The molecule has 7 nitrogen and oxygen atoms in total. The van der Waals surface area contributed by atoms with Gasteiger partial charge in [0.2, 0.25) is 5.91 Å². The van der Waals surface area contributed by atoms with E-state index in [0.717, 1.165) is 65.9 Å². The molecule has 0 fully saturated rings. The molecule has 1 amide bonds. The number of aryl methyl sites for hydroxylation is 2. The van der Waals surface area contributed by atoms with Crippen LogP contribution < -0.4 is 20.5 Å². The van der Waals surface area contributed by atoms with Gasteiger partial charge in [-0.2, -0.15) is 0 Å². The van der Waals surface area contributed by atoms with Gasteiger partial charge in [-0.3, -0.25) is 14.2 Å². The molecular weight excluding hydrogens is 516 g/mol. The summed E-state index contributed by atoms with van der Waals surface area (Å²) in [5, 5.41) is 4.21. The zero-order valence-corrected chi connectivity index (χ0v) is 23.6. The second kappa shape index (κ2) is 11.6. The number of aromatic nitrogens is 2. The van der Waals surface area contributed by atoms with Gasteiger partial charge in [0.25, 0.3) is 5.56 Å². The minimum absolute atomic E-state index is 0.0746. The number of amides is 1. The highest BCUT2D eigenvalue weighted by atomic mass is 32.2. The van der Waals surface area contributed by atoms with E-state index in [1.54, 1.807) is 23.0 Å². The lowest BCUT2D eigenvalue weighted by atomic mass is 9.97. The average Bonchev–Trinajstić information content (AvgIpc) is 3.32. The largest absolute Gasteiger partial charge is 0.497 e. The molecule has 0 saturated heterocycles. The topological polar surface area (TPSA) is 76.5 Å². The van der Waals surface area contributed by atoms with E-state index in [2.05, 4.69) is 24.1 Å². The lowest BCUT2D eigenvalue weighted by molar-refractivity contribution is -0.113. The second-order valence-corrected chi connectivity index (χ2v) is 11.2. The summed E-state index contributed by atoms with van der Waals surface area (Å²) in [6.07, 6.45) is 4.14. The zero-order chi connectivity index (χ0) is 26.6. The lowest BCUT2D eigenvalue weighted by Crippen LogP contribution is -2.23. The summed E-state index contributed by atoms with van der Waals surface area (Å²) < 4.78 is 6.94. The van der Waals surface area contributed by atoms with Crippen molar-refractivity contribution in [2.24, 2.45) is 0 Å². The summed E-state index contributed by atoms with van der Waals surface area (Å²) in [4.78, 5) is 36.0. The van der Waals surface area contributed by atoms with Crippen LogP contribution >= 0.6 is 23.1 Å². The number of anilines is 2. The first-order chi connectivity index (χ1) is 18.5. The normalized spacial score (nSPS) is 12.8. The molecule has 2 heterocycles. The minimum atomic E-state index is -0.147. The van der Waals surface area contributed by atoms with Crippen molar-refractivity contribution in [2.45, 2.75) is 44.7 Å². The first-order valence-corrected chi connectivity index (χ1v) is 14.8. The molecule has 1 aliphatic carbocycles. The van der Waals surface area contributed by atoms with Gasteiger partial charge < -0.3 is 15.0 Å². The highest BCUT2D eigenvalue weighted by Crippen LogP contribution is 2.35. The number of methoxy groups -OCH3 is 1. The number of thiophene rings is 1. The van der Waals surface area contributed by atoms with E-state index >= 15 is 0 Å². The molecular formula is C29H32N4O3S2. The third-order valence-corrected chi connectivity index (χ3v) is 9.03. The molecule has 0 radical (unpaired) electrons. The molecule has 0 aliphatic heterocycles. The quantitative estimate of drug-likeness (QED) is 0.207. The summed E-state index contributed by atoms with van der Waals surface area (Å²) in [6.45, 7) is 6.11. The van der Waals surface area contributed by atoms with Crippen LogP contribution in [0.25, 0.3) is 15.9 Å². The predicted octanol–water partition coefficient (Wildman–Crippen LogP) is 5.91. The Labute approximate surface area is 230 Å². The van der Waals surface area contributed by atoms with E-state index in [1.807, 2.05) is 48.5 Å². The standard InChI is InChI=1S/C29H32N4O3S2/c1-4-32(5-2)20-12-10-19(11-13-20)30-25(34)18-37-29-31-27-26(23-8-6-7-9-24(23)38-27)28(35)33(29)21-14-16-22(36-3)17-15-21/h10-17H,4-9,18H2,1-3H3,(H,30,34). The summed E-state index contributed by atoms with van der Waals surface area (Å²) in [7, 11) is 1.61. The van der Waals surface area contributed by atoms with Gasteiger partial charge >= 0.3 is 0 Å². The fourth-order valence-electron chi connectivity index (χ4n) is 4.91. The summed E-state index contributed by atoms with van der Waals surface area (Å²) in [5.41, 5.74) is 3.65. The molecule has 38 heavy (non-hydrogen) atoms. The number of carbonyl (C=O) groups excluding carboxylic acids is 1. The van der Waals surface area contributed by atoms with Crippen LogP contribution in [0.1, 0.15) is 37.1 Å². The maximum Gasteiger partial charge on any atom is 0.267 e. The van der Waals surface area contributed by atoms with Gasteiger partial charge in [-0.25, -0.2) is 4.98 Å². The first-order valence-electron chi connectivity index (χ1n) is 13.0. The molecule has 2 aromatic heterocycles. The molecule has 0 bridgehead atoms. The molecule has 1 N–H and O–H groups in total. The molecule has 198 valence electrons. The highest BCUT2D eigenvalue weighted by molar-refractivity contribution is 7.99. The minimum Gasteiger partial charge on any atom is -0.497 e. The Bertz CT molecular complexity index is 1490. The molecule has 0 atom stereocenters. The van der Waals surface area contributed by atoms with Crippen molar-refractivity contribution in [1.29, 1.82) is 0 Å². The van der Waals surface area contributed by atoms with E-state index in [4.69, 9.17) is 9.72 Å². The number of nitrogens with zero attached hydrogens (tertiary/aromatic N) is 3. The molecule has 0 spiro atoms. The Kier molecular flexibility index (Phi) is 8.04. The number of fused-ring (bicyclic) bond motifs is 3. The van der Waals surface area contributed by atoms with Gasteiger partial charge in [-0.05, 0) is 93.6 Å². The van der Waals surface area contributed by atoms with Crippen LogP contribution in [-0.2, 0) is 17.6 Å². The van der Waals surface area contributed by atoms with Gasteiger partial charge in [0.05, 0.1) is 23.9 Å². The maximum atomic E-state index is 13.9. The van der Waals surface area contributed by atoms with Crippen LogP contribution in [-0.4, -0.2) is 41.4 Å². The van der Waals surface area contributed by atoms with Crippen molar-refractivity contribution in [3.05, 3.63) is 69.3 Å². The van der Waals surface area contributed by atoms with Crippen molar-refractivity contribution in [3.63, 3.8) is 0 Å². The monoisotopic (exact) mass is 548 g/mol. The van der Waals surface area contributed by atoms with Crippen molar-refractivity contribution in [1.82, 2.24) is 9.55 Å². The van der Waals surface area contributed by atoms with Crippen LogP contribution in [0.5, 0.6) is 5.75 Å². The number of hydrogen-bond donors (Lipinski definition) is 1. The molecule has 0 saturated carbocycles. The van der Waals surface area contributed by atoms with Crippen LogP contribution in [0, 0.1) is 0 Å². The number of thioether (sulfide) groups is 1. The van der Waals surface area contributed by atoms with Crippen molar-refractivity contribution in [2.75, 3.05) is 36.2 Å². The lowest BCUT2D eigenvalue weighted by Gasteiger charge is -2.21. The number of ether oxygens (including phenoxy) is 1. The molecule has 5 rings (SSSR count). The van der Waals surface area contributed by atoms with Gasteiger partial charge in [0, 0.05) is 29.3 Å². The van der Waals surface area contributed by atoms with Gasteiger partial charge in [0.1, 0.15) is 10.6 Å². The Morgan fingerprint density at radius 1 is 1.08 bits per heavy atom. The predicted molar refractivity (Wildman–Crippen MR) is 158 cm³/mol. The Morgan fingerprint density at radius 3 is 2.47 bits per heavy atom. The van der Waals surface area contributed by atoms with E-state index in [-0.39, 0.29) is 17.2 Å². The van der Waals surface area contributed by atoms with Gasteiger partial charge in [-0.15, -0.1) is 11.3 Å². The SMILES string of the molecule is CCN(CC)c1ccc(NC(=O)CSc2nc3sc4c(c3c(=O)n2-c2ccc(OC)cc2)CCCC4)cc1. The molecule has 1 aliphatic rings. The fraction of sp³-hybridized carbons (Fsp3) is 0.345. The maximum absolute atomic E-state index is 13.9. The van der Waals surface area contributed by atoms with Crippen LogP contribution in [0.3, 0.4) is 0 Å². The van der Waals surface area contributed by atoms with E-state index in [9.17, 15) is 9.59 Å². The van der Waals surface area contributed by atoms with E-state index < -0.39 is 0 Å². The number of hydrogen-bond acceptors (Lipinski definition) is 7. The fourth-order valence-corrected chi connectivity index (χ4v) is 7.03. The Hall–Kier alpha value is -3.30. The van der Waals surface area contributed by atoms with Crippen molar-refractivity contribution < 1.29 is 9.53 Å². The third kappa shape index (κ3) is 5.31. The van der Waals surface area contributed by atoms with E-state index in [1.165, 1.54) is 16.6 Å². The highest BCUT2D eigenvalue weighted by Gasteiger charge is 2.23. The van der Waals surface area contributed by atoms with Gasteiger partial charge in [-0.1, -0.05) is 11.8 Å². The van der Waals surface area contributed by atoms with Gasteiger partial charge in [0.15, 0.2) is 5.16 Å².